The lowest BCUT2D eigenvalue weighted by atomic mass is 10.1. The predicted molar refractivity (Wildman–Crippen MR) is 84.3 cm³/mol. The number of hydrogen-bond acceptors (Lipinski definition) is 2. The Hall–Kier alpha value is -1.06. The molecule has 0 aliphatic carbocycles. The maximum absolute atomic E-state index is 6.34. The maximum Gasteiger partial charge on any atom is 0.127 e. The molecule has 2 heterocycles. The quantitative estimate of drug-likeness (QED) is 0.806. The van der Waals surface area contributed by atoms with Crippen LogP contribution in [-0.2, 0) is 6.54 Å². The van der Waals surface area contributed by atoms with Crippen molar-refractivity contribution in [2.24, 2.45) is 5.92 Å². The van der Waals surface area contributed by atoms with Gasteiger partial charge in [-0.2, -0.15) is 0 Å². The van der Waals surface area contributed by atoms with Crippen molar-refractivity contribution in [2.45, 2.75) is 32.2 Å². The molecule has 1 aliphatic rings. The molecule has 1 aromatic carbocycles. The molecule has 2 atom stereocenters. The lowest BCUT2D eigenvalue weighted by molar-refractivity contribution is 0.377. The molecular weight excluding hydrogens is 270 g/mol. The summed E-state index contributed by atoms with van der Waals surface area (Å²) in [4.78, 5) is 7.13. The number of imidazole rings is 1. The number of alkyl halides is 1. The first-order valence-corrected chi connectivity index (χ1v) is 7.77. The van der Waals surface area contributed by atoms with Crippen LogP contribution in [0.3, 0.4) is 0 Å². The molecule has 2 unspecified atom stereocenters. The van der Waals surface area contributed by atoms with E-state index in [2.05, 4.69) is 41.6 Å². The van der Waals surface area contributed by atoms with Crippen molar-refractivity contribution in [2.75, 3.05) is 20.1 Å². The van der Waals surface area contributed by atoms with Crippen molar-refractivity contribution in [3.8, 4) is 0 Å². The third-order valence-corrected chi connectivity index (χ3v) is 4.41. The van der Waals surface area contributed by atoms with Crippen LogP contribution in [0.5, 0.6) is 0 Å². The van der Waals surface area contributed by atoms with E-state index in [-0.39, 0.29) is 5.38 Å². The zero-order valence-corrected chi connectivity index (χ0v) is 13.2. The normalized spacial score (nSPS) is 21.7. The summed E-state index contributed by atoms with van der Waals surface area (Å²) in [6, 6.07) is 6.44. The smallest absolute Gasteiger partial charge is 0.127 e. The number of aryl methyl sites for hydroxylation is 1. The average molecular weight is 292 g/mol. The predicted octanol–water partition coefficient (Wildman–Crippen LogP) is 3.60. The van der Waals surface area contributed by atoms with Gasteiger partial charge in [0.05, 0.1) is 16.4 Å². The topological polar surface area (TPSA) is 21.1 Å². The molecule has 4 heteroatoms. The maximum atomic E-state index is 6.34. The second-order valence-electron chi connectivity index (χ2n) is 6.11. The number of fused-ring (bicyclic) bond motifs is 1. The molecule has 0 bridgehead atoms. The van der Waals surface area contributed by atoms with E-state index in [4.69, 9.17) is 16.6 Å². The first-order valence-electron chi connectivity index (χ1n) is 7.34. The van der Waals surface area contributed by atoms with Gasteiger partial charge in [-0.25, -0.2) is 4.98 Å². The van der Waals surface area contributed by atoms with Crippen LogP contribution in [0.15, 0.2) is 18.2 Å². The van der Waals surface area contributed by atoms with Gasteiger partial charge in [-0.3, -0.25) is 0 Å². The number of aromatic nitrogens is 2. The van der Waals surface area contributed by atoms with Crippen LogP contribution in [0.4, 0.5) is 0 Å². The summed E-state index contributed by atoms with van der Waals surface area (Å²) in [7, 11) is 2.20. The molecule has 1 saturated heterocycles. The first kappa shape index (κ1) is 13.9. The molecular formula is C16H22ClN3. The highest BCUT2D eigenvalue weighted by Gasteiger charge is 2.23. The van der Waals surface area contributed by atoms with Crippen LogP contribution < -0.4 is 0 Å². The van der Waals surface area contributed by atoms with Crippen molar-refractivity contribution in [1.29, 1.82) is 0 Å². The largest absolute Gasteiger partial charge is 0.326 e. The Morgan fingerprint density at radius 2 is 2.25 bits per heavy atom. The van der Waals surface area contributed by atoms with E-state index < -0.39 is 0 Å². The highest BCUT2D eigenvalue weighted by molar-refractivity contribution is 6.20. The van der Waals surface area contributed by atoms with E-state index in [1.165, 1.54) is 30.6 Å². The average Bonchev–Trinajstić information content (AvgIpc) is 2.95. The number of benzene rings is 1. The van der Waals surface area contributed by atoms with E-state index in [0.29, 0.717) is 5.92 Å². The van der Waals surface area contributed by atoms with Gasteiger partial charge in [0.1, 0.15) is 5.82 Å². The molecule has 3 rings (SSSR count). The van der Waals surface area contributed by atoms with E-state index in [9.17, 15) is 0 Å². The molecule has 0 radical (unpaired) electrons. The fraction of sp³-hybridized carbons (Fsp3) is 0.562. The van der Waals surface area contributed by atoms with Gasteiger partial charge in [0.2, 0.25) is 0 Å². The lowest BCUT2D eigenvalue weighted by Crippen LogP contribution is -2.18. The Labute approximate surface area is 125 Å². The van der Waals surface area contributed by atoms with Gasteiger partial charge >= 0.3 is 0 Å². The summed E-state index contributed by atoms with van der Waals surface area (Å²) in [5.74, 6) is 1.70. The highest BCUT2D eigenvalue weighted by atomic mass is 35.5. The molecule has 20 heavy (non-hydrogen) atoms. The molecule has 0 amide bonds. The van der Waals surface area contributed by atoms with Crippen molar-refractivity contribution in [3.63, 3.8) is 0 Å². The van der Waals surface area contributed by atoms with Crippen LogP contribution in [0.2, 0.25) is 0 Å². The van der Waals surface area contributed by atoms with Crippen molar-refractivity contribution in [1.82, 2.24) is 14.5 Å². The summed E-state index contributed by atoms with van der Waals surface area (Å²) in [6.07, 6.45) is 1.26. The Balaban J connectivity index is 2.01. The summed E-state index contributed by atoms with van der Waals surface area (Å²) in [5.41, 5.74) is 3.56. The van der Waals surface area contributed by atoms with Crippen molar-refractivity contribution in [3.05, 3.63) is 29.6 Å². The second-order valence-corrected chi connectivity index (χ2v) is 6.76. The minimum atomic E-state index is -0.0539. The van der Waals surface area contributed by atoms with Crippen LogP contribution >= 0.6 is 11.6 Å². The fourth-order valence-electron chi connectivity index (χ4n) is 3.18. The van der Waals surface area contributed by atoms with Gasteiger partial charge in [0, 0.05) is 13.1 Å². The zero-order valence-electron chi connectivity index (χ0n) is 12.4. The van der Waals surface area contributed by atoms with Gasteiger partial charge in [-0.05, 0) is 57.5 Å². The minimum absolute atomic E-state index is 0.0539. The molecule has 0 spiro atoms. The van der Waals surface area contributed by atoms with Crippen LogP contribution in [0, 0.1) is 12.8 Å². The first-order chi connectivity index (χ1) is 9.54. The molecule has 108 valence electrons. The summed E-state index contributed by atoms with van der Waals surface area (Å²) in [5, 5.41) is -0.0539. The van der Waals surface area contributed by atoms with Gasteiger partial charge < -0.3 is 9.47 Å². The van der Waals surface area contributed by atoms with Crippen molar-refractivity contribution >= 4 is 22.6 Å². The Kier molecular flexibility index (Phi) is 3.74. The molecule has 1 fully saturated rings. The fourth-order valence-corrected chi connectivity index (χ4v) is 3.35. The van der Waals surface area contributed by atoms with E-state index in [1.54, 1.807) is 0 Å². The van der Waals surface area contributed by atoms with Crippen LogP contribution in [0.1, 0.15) is 30.1 Å². The molecule has 0 N–H and O–H groups in total. The second kappa shape index (κ2) is 5.38. The van der Waals surface area contributed by atoms with E-state index >= 15 is 0 Å². The highest BCUT2D eigenvalue weighted by Crippen LogP contribution is 2.28. The molecule has 0 saturated carbocycles. The van der Waals surface area contributed by atoms with Crippen LogP contribution in [-0.4, -0.2) is 34.6 Å². The molecule has 3 nitrogen and oxygen atoms in total. The molecule has 1 aromatic heterocycles. The number of nitrogens with zero attached hydrogens (tertiary/aromatic N) is 3. The third-order valence-electron chi connectivity index (χ3n) is 4.22. The lowest BCUT2D eigenvalue weighted by Gasteiger charge is -2.15. The third kappa shape index (κ3) is 2.57. The summed E-state index contributed by atoms with van der Waals surface area (Å²) >= 11 is 6.34. The van der Waals surface area contributed by atoms with E-state index in [1.807, 2.05) is 6.92 Å². The number of halogens is 1. The monoisotopic (exact) mass is 291 g/mol. The Morgan fingerprint density at radius 3 is 2.90 bits per heavy atom. The number of rotatable bonds is 3. The van der Waals surface area contributed by atoms with Crippen LogP contribution in [0.25, 0.3) is 11.0 Å². The van der Waals surface area contributed by atoms with E-state index in [0.717, 1.165) is 17.9 Å². The minimum Gasteiger partial charge on any atom is -0.326 e. The Bertz CT molecular complexity index is 617. The number of hydrogen-bond donors (Lipinski definition) is 0. The summed E-state index contributed by atoms with van der Waals surface area (Å²) in [6.45, 7) is 7.52. The van der Waals surface area contributed by atoms with Gasteiger partial charge in [0.25, 0.3) is 0 Å². The van der Waals surface area contributed by atoms with Crippen molar-refractivity contribution < 1.29 is 0 Å². The summed E-state index contributed by atoms with van der Waals surface area (Å²) < 4.78 is 2.34. The SMILES string of the molecule is Cc1ccc2nc(C(C)Cl)n(CC3CCN(C)C3)c2c1. The molecule has 2 aromatic rings. The van der Waals surface area contributed by atoms with Gasteiger partial charge in [0.15, 0.2) is 0 Å². The number of likely N-dealkylation sites (tertiary alicyclic amines) is 1. The molecule has 1 aliphatic heterocycles. The standard InChI is InChI=1S/C16H22ClN3/c1-11-4-5-14-15(8-11)20(16(18-14)12(2)17)10-13-6-7-19(3)9-13/h4-5,8,12-13H,6-7,9-10H2,1-3H3. The zero-order chi connectivity index (χ0) is 14.3. The van der Waals surface area contributed by atoms with Gasteiger partial charge in [-0.15, -0.1) is 11.6 Å². The van der Waals surface area contributed by atoms with Gasteiger partial charge in [-0.1, -0.05) is 6.07 Å². The Morgan fingerprint density at radius 1 is 1.45 bits per heavy atom.